The molecule has 6 nitrogen and oxygen atoms in total. The van der Waals surface area contributed by atoms with Gasteiger partial charge in [0.1, 0.15) is 0 Å². The predicted octanol–water partition coefficient (Wildman–Crippen LogP) is 2.51. The number of hydrogen-bond donors (Lipinski definition) is 0. The molecule has 2 aromatic rings. The third kappa shape index (κ3) is 4.33. The van der Waals surface area contributed by atoms with Crippen molar-refractivity contribution in [3.8, 4) is 17.5 Å². The number of amides is 1. The van der Waals surface area contributed by atoms with Gasteiger partial charge >= 0.3 is 0 Å². The number of aromatic nitrogens is 2. The molecule has 1 aromatic carbocycles. The lowest BCUT2D eigenvalue weighted by Crippen LogP contribution is -2.29. The molecule has 0 aliphatic rings. The number of nitriles is 1. The molecule has 0 saturated heterocycles. The molecule has 7 heteroatoms. The van der Waals surface area contributed by atoms with Crippen molar-refractivity contribution in [2.24, 2.45) is 0 Å². The van der Waals surface area contributed by atoms with Crippen LogP contribution in [0.5, 0.6) is 0 Å². The summed E-state index contributed by atoms with van der Waals surface area (Å²) in [5.74, 6) is 0.573. The molecule has 0 fully saturated rings. The lowest BCUT2D eigenvalue weighted by Gasteiger charge is -2.13. The van der Waals surface area contributed by atoms with Crippen LogP contribution in [0.3, 0.4) is 0 Å². The summed E-state index contributed by atoms with van der Waals surface area (Å²) in [4.78, 5) is 13.4. The molecule has 0 unspecified atom stereocenters. The van der Waals surface area contributed by atoms with Gasteiger partial charge in [0.2, 0.25) is 11.8 Å². The Bertz CT molecular complexity index is 693. The van der Waals surface area contributed by atoms with Crippen molar-refractivity contribution < 1.29 is 9.21 Å². The summed E-state index contributed by atoms with van der Waals surface area (Å²) in [5, 5.41) is 16.8. The van der Waals surface area contributed by atoms with Gasteiger partial charge in [0, 0.05) is 19.2 Å². The highest BCUT2D eigenvalue weighted by Gasteiger charge is 2.13. The first-order valence-corrected chi connectivity index (χ1v) is 7.73. The molecule has 0 bridgehead atoms. The van der Waals surface area contributed by atoms with Gasteiger partial charge in [-0.05, 0) is 19.1 Å². The lowest BCUT2D eigenvalue weighted by atomic mass is 10.1. The minimum Gasteiger partial charge on any atom is -0.411 e. The zero-order chi connectivity index (χ0) is 15.9. The maximum atomic E-state index is 11.8. The number of nitrogens with zero attached hydrogens (tertiary/aromatic N) is 4. The SMILES string of the molecule is Cc1cccc(-c2nnc(SCC(=O)N(C)CCC#N)o2)c1. The molecule has 0 atom stereocenters. The Balaban J connectivity index is 1.93. The Hall–Kier alpha value is -2.33. The van der Waals surface area contributed by atoms with E-state index in [4.69, 9.17) is 9.68 Å². The average Bonchev–Trinajstić information content (AvgIpc) is 2.99. The van der Waals surface area contributed by atoms with Crippen molar-refractivity contribution in [2.75, 3.05) is 19.3 Å². The summed E-state index contributed by atoms with van der Waals surface area (Å²) >= 11 is 1.20. The molecular weight excluding hydrogens is 300 g/mol. The van der Waals surface area contributed by atoms with Crippen LogP contribution in [0.2, 0.25) is 0 Å². The van der Waals surface area contributed by atoms with Crippen LogP contribution in [0, 0.1) is 18.3 Å². The maximum Gasteiger partial charge on any atom is 0.277 e. The van der Waals surface area contributed by atoms with E-state index in [1.165, 1.54) is 16.7 Å². The molecule has 0 saturated carbocycles. The van der Waals surface area contributed by atoms with Crippen molar-refractivity contribution in [1.82, 2.24) is 15.1 Å². The van der Waals surface area contributed by atoms with Crippen LogP contribution >= 0.6 is 11.8 Å². The molecule has 1 heterocycles. The third-order valence-electron chi connectivity index (χ3n) is 2.98. The first kappa shape index (κ1) is 16.0. The van der Waals surface area contributed by atoms with Gasteiger partial charge in [0.05, 0.1) is 18.2 Å². The van der Waals surface area contributed by atoms with Crippen molar-refractivity contribution >= 4 is 17.7 Å². The van der Waals surface area contributed by atoms with Crippen LogP contribution in [-0.4, -0.2) is 40.3 Å². The van der Waals surface area contributed by atoms with Gasteiger partial charge < -0.3 is 9.32 Å². The zero-order valence-corrected chi connectivity index (χ0v) is 13.3. The molecule has 1 aromatic heterocycles. The van der Waals surface area contributed by atoms with E-state index < -0.39 is 0 Å². The summed E-state index contributed by atoms with van der Waals surface area (Å²) in [6.45, 7) is 2.42. The standard InChI is InChI=1S/C15H16N4O2S/c1-11-5-3-6-12(9-11)14-17-18-15(21-14)22-10-13(20)19(2)8-4-7-16/h3,5-6,9H,4,8,10H2,1-2H3. The van der Waals surface area contributed by atoms with Crippen molar-refractivity contribution in [2.45, 2.75) is 18.6 Å². The van der Waals surface area contributed by atoms with Gasteiger partial charge in [0.15, 0.2) is 0 Å². The van der Waals surface area contributed by atoms with Crippen LogP contribution < -0.4 is 0 Å². The molecule has 0 aliphatic carbocycles. The summed E-state index contributed by atoms with van der Waals surface area (Å²) in [6, 6.07) is 9.79. The number of carbonyl (C=O) groups excluding carboxylic acids is 1. The number of thioether (sulfide) groups is 1. The largest absolute Gasteiger partial charge is 0.411 e. The monoisotopic (exact) mass is 316 g/mol. The Labute approximate surface area is 133 Å². The Morgan fingerprint density at radius 1 is 1.45 bits per heavy atom. The number of carbonyl (C=O) groups is 1. The second kappa shape index (κ2) is 7.61. The molecule has 1 amide bonds. The minimum absolute atomic E-state index is 0.0736. The number of aryl methyl sites for hydroxylation is 1. The van der Waals surface area contributed by atoms with Gasteiger partial charge in [-0.1, -0.05) is 29.5 Å². The number of hydrogen-bond acceptors (Lipinski definition) is 6. The fourth-order valence-electron chi connectivity index (χ4n) is 1.74. The lowest BCUT2D eigenvalue weighted by molar-refractivity contribution is -0.127. The number of rotatable bonds is 6. The Morgan fingerprint density at radius 2 is 2.27 bits per heavy atom. The van der Waals surface area contributed by atoms with E-state index in [1.54, 1.807) is 7.05 Å². The normalized spacial score (nSPS) is 10.2. The van der Waals surface area contributed by atoms with Gasteiger partial charge in [-0.3, -0.25) is 4.79 Å². The third-order valence-corrected chi connectivity index (χ3v) is 3.78. The summed E-state index contributed by atoms with van der Waals surface area (Å²) in [7, 11) is 1.67. The zero-order valence-electron chi connectivity index (χ0n) is 12.4. The van der Waals surface area contributed by atoms with E-state index in [2.05, 4.69) is 10.2 Å². The van der Waals surface area contributed by atoms with Crippen LogP contribution in [0.1, 0.15) is 12.0 Å². The fourth-order valence-corrected chi connectivity index (χ4v) is 2.44. The summed E-state index contributed by atoms with van der Waals surface area (Å²) in [6.07, 6.45) is 0.324. The first-order valence-electron chi connectivity index (χ1n) is 6.74. The second-order valence-corrected chi connectivity index (χ2v) is 5.68. The Morgan fingerprint density at radius 3 is 3.00 bits per heavy atom. The van der Waals surface area contributed by atoms with E-state index in [1.807, 2.05) is 37.3 Å². The van der Waals surface area contributed by atoms with Crippen molar-refractivity contribution in [3.05, 3.63) is 29.8 Å². The van der Waals surface area contributed by atoms with E-state index in [9.17, 15) is 4.79 Å². The van der Waals surface area contributed by atoms with Crippen LogP contribution in [-0.2, 0) is 4.79 Å². The fraction of sp³-hybridized carbons (Fsp3) is 0.333. The molecule has 0 radical (unpaired) electrons. The average molecular weight is 316 g/mol. The van der Waals surface area contributed by atoms with Crippen LogP contribution in [0.15, 0.2) is 33.9 Å². The van der Waals surface area contributed by atoms with Gasteiger partial charge in [-0.25, -0.2) is 0 Å². The molecule has 114 valence electrons. The summed E-state index contributed by atoms with van der Waals surface area (Å²) < 4.78 is 5.55. The highest BCUT2D eigenvalue weighted by molar-refractivity contribution is 7.99. The van der Waals surface area contributed by atoms with Crippen LogP contribution in [0.4, 0.5) is 0 Å². The minimum atomic E-state index is -0.0736. The summed E-state index contributed by atoms with van der Waals surface area (Å²) in [5.41, 5.74) is 1.97. The molecule has 2 rings (SSSR count). The highest BCUT2D eigenvalue weighted by Crippen LogP contribution is 2.23. The first-order chi connectivity index (χ1) is 10.6. The predicted molar refractivity (Wildman–Crippen MR) is 83.1 cm³/mol. The van der Waals surface area contributed by atoms with E-state index in [0.717, 1.165) is 11.1 Å². The van der Waals surface area contributed by atoms with E-state index in [-0.39, 0.29) is 11.7 Å². The van der Waals surface area contributed by atoms with E-state index in [0.29, 0.717) is 24.1 Å². The van der Waals surface area contributed by atoms with E-state index >= 15 is 0 Å². The molecular formula is C15H16N4O2S. The molecule has 0 N–H and O–H groups in total. The second-order valence-electron chi connectivity index (χ2n) is 4.75. The van der Waals surface area contributed by atoms with Gasteiger partial charge in [0.25, 0.3) is 5.22 Å². The molecule has 0 aliphatic heterocycles. The molecule has 22 heavy (non-hydrogen) atoms. The quantitative estimate of drug-likeness (QED) is 0.761. The van der Waals surface area contributed by atoms with Gasteiger partial charge in [-0.15, -0.1) is 10.2 Å². The van der Waals surface area contributed by atoms with Crippen molar-refractivity contribution in [3.63, 3.8) is 0 Å². The van der Waals surface area contributed by atoms with Crippen molar-refractivity contribution in [1.29, 1.82) is 5.26 Å². The smallest absolute Gasteiger partial charge is 0.277 e. The van der Waals surface area contributed by atoms with Crippen LogP contribution in [0.25, 0.3) is 11.5 Å². The number of benzene rings is 1. The maximum absolute atomic E-state index is 11.8. The Kier molecular flexibility index (Phi) is 5.55. The van der Waals surface area contributed by atoms with Gasteiger partial charge in [-0.2, -0.15) is 5.26 Å². The topological polar surface area (TPSA) is 83.0 Å². The highest BCUT2D eigenvalue weighted by atomic mass is 32.2. The molecule has 0 spiro atoms.